The minimum atomic E-state index is -0.575. The first-order chi connectivity index (χ1) is 9.60. The van der Waals surface area contributed by atoms with Crippen LogP contribution in [-0.4, -0.2) is 17.7 Å². The van der Waals surface area contributed by atoms with E-state index in [1.165, 1.54) is 23.9 Å². The zero-order valence-corrected chi connectivity index (χ0v) is 11.3. The van der Waals surface area contributed by atoms with Gasteiger partial charge in [0.2, 0.25) is 0 Å². The second kappa shape index (κ2) is 6.01. The first-order valence-corrected chi connectivity index (χ1v) is 6.22. The lowest BCUT2D eigenvalue weighted by atomic mass is 10.2. The molecule has 1 aromatic heterocycles. The zero-order valence-electron chi connectivity index (χ0n) is 11.3. The molecule has 1 heterocycles. The fourth-order valence-electron chi connectivity index (χ4n) is 1.68. The molecule has 0 amide bonds. The lowest BCUT2D eigenvalue weighted by Gasteiger charge is -2.16. The second-order valence-corrected chi connectivity index (χ2v) is 4.23. The van der Waals surface area contributed by atoms with Crippen LogP contribution in [0.25, 0.3) is 0 Å². The maximum Gasteiger partial charge on any atom is 0.433 e. The highest BCUT2D eigenvalue weighted by molar-refractivity contribution is 5.77. The molecule has 0 fully saturated rings. The molecule has 2 aromatic rings. The van der Waals surface area contributed by atoms with E-state index in [0.717, 1.165) is 5.69 Å². The molecule has 1 aromatic carbocycles. The number of furan rings is 1. The van der Waals surface area contributed by atoms with Crippen molar-refractivity contribution in [1.82, 2.24) is 0 Å². The maximum absolute atomic E-state index is 10.5. The Bertz CT molecular complexity index is 617. The Morgan fingerprint density at radius 3 is 2.55 bits per heavy atom. The third kappa shape index (κ3) is 3.23. The fourth-order valence-corrected chi connectivity index (χ4v) is 1.68. The van der Waals surface area contributed by atoms with Crippen LogP contribution in [-0.2, 0) is 0 Å². The van der Waals surface area contributed by atoms with Gasteiger partial charge in [-0.05, 0) is 32.0 Å². The van der Waals surface area contributed by atoms with Gasteiger partial charge in [0.25, 0.3) is 0 Å². The zero-order chi connectivity index (χ0) is 14.5. The Morgan fingerprint density at radius 1 is 1.30 bits per heavy atom. The average Bonchev–Trinajstić information content (AvgIpc) is 2.90. The maximum atomic E-state index is 10.5. The minimum absolute atomic E-state index is 0.287. The van der Waals surface area contributed by atoms with E-state index in [-0.39, 0.29) is 5.88 Å². The Kier molecular flexibility index (Phi) is 4.14. The molecule has 0 bridgehead atoms. The van der Waals surface area contributed by atoms with Gasteiger partial charge in [-0.25, -0.2) is 0 Å². The van der Waals surface area contributed by atoms with E-state index in [0.29, 0.717) is 12.3 Å². The van der Waals surface area contributed by atoms with Gasteiger partial charge in [-0.2, -0.15) is 5.10 Å². The van der Waals surface area contributed by atoms with Crippen LogP contribution in [0.5, 0.6) is 0 Å². The summed E-state index contributed by atoms with van der Waals surface area (Å²) in [6.07, 6.45) is 1.47. The normalized spacial score (nSPS) is 10.9. The van der Waals surface area contributed by atoms with Crippen molar-refractivity contribution in [3.8, 4) is 0 Å². The van der Waals surface area contributed by atoms with Gasteiger partial charge in [-0.3, -0.25) is 15.1 Å². The third-order valence-corrected chi connectivity index (χ3v) is 2.75. The molecule has 0 unspecified atom stereocenters. The molecule has 6 heteroatoms. The summed E-state index contributed by atoms with van der Waals surface area (Å²) in [5.41, 5.74) is 2.13. The van der Waals surface area contributed by atoms with Gasteiger partial charge in [-0.15, -0.1) is 0 Å². The highest BCUT2D eigenvalue weighted by atomic mass is 16.6. The molecular formula is C14H15N3O3. The lowest BCUT2D eigenvalue weighted by molar-refractivity contribution is -0.402. The van der Waals surface area contributed by atoms with Crippen LogP contribution >= 0.6 is 0 Å². The van der Waals surface area contributed by atoms with Crippen LogP contribution in [0, 0.1) is 17.0 Å². The first kappa shape index (κ1) is 13.8. The predicted molar refractivity (Wildman–Crippen MR) is 77.2 cm³/mol. The summed E-state index contributed by atoms with van der Waals surface area (Å²) < 4.78 is 5.02. The third-order valence-electron chi connectivity index (χ3n) is 2.75. The van der Waals surface area contributed by atoms with Crippen molar-refractivity contribution < 1.29 is 9.34 Å². The van der Waals surface area contributed by atoms with Crippen LogP contribution in [0.2, 0.25) is 0 Å². The van der Waals surface area contributed by atoms with Crippen molar-refractivity contribution >= 4 is 17.8 Å². The number of nitro groups is 1. The Balaban J connectivity index is 2.14. The predicted octanol–water partition coefficient (Wildman–Crippen LogP) is 3.36. The van der Waals surface area contributed by atoms with Gasteiger partial charge in [-0.1, -0.05) is 17.7 Å². The Hall–Kier alpha value is -2.63. The summed E-state index contributed by atoms with van der Waals surface area (Å²) in [5.74, 6) is 0.0621. The van der Waals surface area contributed by atoms with E-state index in [2.05, 4.69) is 5.10 Å². The van der Waals surface area contributed by atoms with Gasteiger partial charge in [0.15, 0.2) is 5.76 Å². The molecule has 0 aliphatic rings. The summed E-state index contributed by atoms with van der Waals surface area (Å²) in [5, 5.41) is 16.6. The molecule has 0 aliphatic heterocycles. The van der Waals surface area contributed by atoms with E-state index in [1.54, 1.807) is 5.01 Å². The molecule has 6 nitrogen and oxygen atoms in total. The second-order valence-electron chi connectivity index (χ2n) is 4.23. The molecule has 0 spiro atoms. The number of hydrogen-bond donors (Lipinski definition) is 0. The van der Waals surface area contributed by atoms with Crippen LogP contribution in [0.1, 0.15) is 18.2 Å². The highest BCUT2D eigenvalue weighted by Crippen LogP contribution is 2.17. The van der Waals surface area contributed by atoms with E-state index >= 15 is 0 Å². The molecule has 0 atom stereocenters. The van der Waals surface area contributed by atoms with E-state index in [1.807, 2.05) is 38.1 Å². The van der Waals surface area contributed by atoms with E-state index < -0.39 is 4.92 Å². The van der Waals surface area contributed by atoms with Crippen LogP contribution < -0.4 is 5.01 Å². The van der Waals surface area contributed by atoms with Gasteiger partial charge in [0.05, 0.1) is 18.0 Å². The Labute approximate surface area is 116 Å². The van der Waals surface area contributed by atoms with Gasteiger partial charge < -0.3 is 4.42 Å². The largest absolute Gasteiger partial charge is 0.433 e. The molecule has 2 rings (SSSR count). The first-order valence-electron chi connectivity index (χ1n) is 6.22. The quantitative estimate of drug-likeness (QED) is 0.475. The number of hydrazone groups is 1. The smallest absolute Gasteiger partial charge is 0.400 e. The van der Waals surface area contributed by atoms with Crippen molar-refractivity contribution in [3.63, 3.8) is 0 Å². The van der Waals surface area contributed by atoms with E-state index in [4.69, 9.17) is 4.42 Å². The highest BCUT2D eigenvalue weighted by Gasteiger charge is 2.10. The molecule has 0 saturated carbocycles. The van der Waals surface area contributed by atoms with Crippen molar-refractivity contribution in [2.24, 2.45) is 5.10 Å². The Morgan fingerprint density at radius 2 is 2.00 bits per heavy atom. The molecule has 0 N–H and O–H groups in total. The van der Waals surface area contributed by atoms with Crippen molar-refractivity contribution in [3.05, 3.63) is 57.8 Å². The van der Waals surface area contributed by atoms with Crippen molar-refractivity contribution in [2.45, 2.75) is 13.8 Å². The lowest BCUT2D eigenvalue weighted by Crippen LogP contribution is -2.15. The molecule has 20 heavy (non-hydrogen) atoms. The monoisotopic (exact) mass is 273 g/mol. The summed E-state index contributed by atoms with van der Waals surface area (Å²) in [7, 11) is 0. The van der Waals surface area contributed by atoms with Gasteiger partial charge in [0.1, 0.15) is 4.92 Å². The van der Waals surface area contributed by atoms with E-state index in [9.17, 15) is 10.1 Å². The minimum Gasteiger partial charge on any atom is -0.400 e. The van der Waals surface area contributed by atoms with Crippen LogP contribution in [0.15, 0.2) is 45.9 Å². The molecule has 104 valence electrons. The van der Waals surface area contributed by atoms with Crippen LogP contribution in [0.3, 0.4) is 0 Å². The fraction of sp³-hybridized carbons (Fsp3) is 0.214. The number of nitrogens with zero attached hydrogens (tertiary/aromatic N) is 3. The summed E-state index contributed by atoms with van der Waals surface area (Å²) in [6, 6.07) is 10.8. The standard InChI is InChI=1S/C14H15N3O3/c1-3-16(12-6-4-11(2)5-7-12)15-10-13-8-9-14(20-13)17(18)19/h4-10H,3H2,1-2H3/b15-10-. The SMILES string of the molecule is CCN(/N=C\c1ccc([N+](=O)[O-])o1)c1ccc(C)cc1. The van der Waals surface area contributed by atoms with Gasteiger partial charge in [0, 0.05) is 6.54 Å². The number of anilines is 1. The van der Waals surface area contributed by atoms with Crippen LogP contribution in [0.4, 0.5) is 11.6 Å². The topological polar surface area (TPSA) is 71.9 Å². The van der Waals surface area contributed by atoms with Crippen molar-refractivity contribution in [1.29, 1.82) is 0 Å². The van der Waals surface area contributed by atoms with Gasteiger partial charge >= 0.3 is 5.88 Å². The van der Waals surface area contributed by atoms with Crippen molar-refractivity contribution in [2.75, 3.05) is 11.6 Å². The summed E-state index contributed by atoms with van der Waals surface area (Å²) >= 11 is 0. The number of benzene rings is 1. The summed E-state index contributed by atoms with van der Waals surface area (Å²) in [4.78, 5) is 9.94. The number of aryl methyl sites for hydroxylation is 1. The molecule has 0 radical (unpaired) electrons. The summed E-state index contributed by atoms with van der Waals surface area (Å²) in [6.45, 7) is 4.68. The number of hydrogen-bond acceptors (Lipinski definition) is 5. The molecular weight excluding hydrogens is 258 g/mol. The molecule has 0 saturated heterocycles. The molecule has 0 aliphatic carbocycles. The average molecular weight is 273 g/mol. The number of rotatable bonds is 5.